The number of nitrogens with one attached hydrogen (secondary N) is 1. The number of carbonyl (C=O) groups is 1. The Morgan fingerprint density at radius 3 is 2.84 bits per heavy atom. The first-order valence-corrected chi connectivity index (χ1v) is 7.25. The Hall–Kier alpha value is -1.36. The van der Waals surface area contributed by atoms with E-state index < -0.39 is 0 Å². The zero-order valence-electron chi connectivity index (χ0n) is 11.9. The van der Waals surface area contributed by atoms with Gasteiger partial charge in [-0.2, -0.15) is 0 Å². The molecule has 1 saturated carbocycles. The van der Waals surface area contributed by atoms with Gasteiger partial charge in [0.25, 0.3) is 0 Å². The standard InChI is InChI=1S/C14H24N4O/c1-3-17(4-2)14(19)7-8-15-9-13-10-16-11-18(13)12-5-6-12/h10-12,15H,3-9H2,1-2H3. The Kier molecular flexibility index (Phi) is 4.96. The van der Waals surface area contributed by atoms with E-state index in [1.165, 1.54) is 18.5 Å². The molecule has 0 unspecified atom stereocenters. The predicted molar refractivity (Wildman–Crippen MR) is 74.7 cm³/mol. The first-order chi connectivity index (χ1) is 9.26. The fourth-order valence-electron chi connectivity index (χ4n) is 2.30. The van der Waals surface area contributed by atoms with Gasteiger partial charge >= 0.3 is 0 Å². The molecular formula is C14H24N4O. The lowest BCUT2D eigenvalue weighted by molar-refractivity contribution is -0.130. The van der Waals surface area contributed by atoms with Gasteiger partial charge in [0, 0.05) is 44.8 Å². The summed E-state index contributed by atoms with van der Waals surface area (Å²) in [6.07, 6.45) is 6.93. The molecule has 1 aromatic rings. The first-order valence-electron chi connectivity index (χ1n) is 7.25. The van der Waals surface area contributed by atoms with Crippen LogP contribution in [0, 0.1) is 0 Å². The van der Waals surface area contributed by atoms with E-state index in [0.29, 0.717) is 12.5 Å². The molecule has 19 heavy (non-hydrogen) atoms. The van der Waals surface area contributed by atoms with E-state index >= 15 is 0 Å². The fourth-order valence-corrected chi connectivity index (χ4v) is 2.30. The molecule has 1 N–H and O–H groups in total. The molecule has 1 aromatic heterocycles. The quantitative estimate of drug-likeness (QED) is 0.725. The van der Waals surface area contributed by atoms with Crippen molar-refractivity contribution >= 4 is 5.91 Å². The van der Waals surface area contributed by atoms with E-state index in [2.05, 4.69) is 14.9 Å². The normalized spacial score (nSPS) is 14.6. The first kappa shape index (κ1) is 14.1. The van der Waals surface area contributed by atoms with Crippen LogP contribution in [-0.2, 0) is 11.3 Å². The smallest absolute Gasteiger partial charge is 0.223 e. The number of nitrogens with zero attached hydrogens (tertiary/aromatic N) is 3. The largest absolute Gasteiger partial charge is 0.343 e. The van der Waals surface area contributed by atoms with Crippen molar-refractivity contribution in [3.63, 3.8) is 0 Å². The number of carbonyl (C=O) groups excluding carboxylic acids is 1. The van der Waals surface area contributed by atoms with Gasteiger partial charge in [0.1, 0.15) is 0 Å². The van der Waals surface area contributed by atoms with Crippen LogP contribution in [0.25, 0.3) is 0 Å². The van der Waals surface area contributed by atoms with E-state index in [1.54, 1.807) is 0 Å². The van der Waals surface area contributed by atoms with Crippen molar-refractivity contribution in [3.8, 4) is 0 Å². The molecule has 1 aliphatic rings. The highest BCUT2D eigenvalue weighted by Crippen LogP contribution is 2.35. The van der Waals surface area contributed by atoms with Gasteiger partial charge in [-0.1, -0.05) is 0 Å². The van der Waals surface area contributed by atoms with Crippen LogP contribution >= 0.6 is 0 Å². The molecule has 0 radical (unpaired) electrons. The summed E-state index contributed by atoms with van der Waals surface area (Å²) in [6.45, 7) is 7.15. The van der Waals surface area contributed by atoms with Crippen molar-refractivity contribution in [1.29, 1.82) is 0 Å². The predicted octanol–water partition coefficient (Wildman–Crippen LogP) is 1.57. The van der Waals surface area contributed by atoms with Crippen LogP contribution < -0.4 is 5.32 Å². The summed E-state index contributed by atoms with van der Waals surface area (Å²) in [5.41, 5.74) is 1.22. The van der Waals surface area contributed by atoms with Crippen molar-refractivity contribution in [2.24, 2.45) is 0 Å². The Labute approximate surface area is 115 Å². The minimum Gasteiger partial charge on any atom is -0.343 e. The summed E-state index contributed by atoms with van der Waals surface area (Å²) in [6, 6.07) is 0.664. The van der Waals surface area contributed by atoms with Crippen LogP contribution in [0.2, 0.25) is 0 Å². The van der Waals surface area contributed by atoms with Gasteiger partial charge in [-0.25, -0.2) is 4.98 Å². The summed E-state index contributed by atoms with van der Waals surface area (Å²) in [7, 11) is 0. The SMILES string of the molecule is CCN(CC)C(=O)CCNCc1cncn1C1CC1. The lowest BCUT2D eigenvalue weighted by Crippen LogP contribution is -2.32. The molecular weight excluding hydrogens is 240 g/mol. The molecule has 5 heteroatoms. The van der Waals surface area contributed by atoms with Crippen molar-refractivity contribution in [3.05, 3.63) is 18.2 Å². The molecule has 0 atom stereocenters. The van der Waals surface area contributed by atoms with Crippen LogP contribution in [-0.4, -0.2) is 40.0 Å². The van der Waals surface area contributed by atoms with Crippen LogP contribution in [0.4, 0.5) is 0 Å². The molecule has 5 nitrogen and oxygen atoms in total. The number of rotatable bonds is 8. The topological polar surface area (TPSA) is 50.2 Å². The summed E-state index contributed by atoms with van der Waals surface area (Å²) >= 11 is 0. The summed E-state index contributed by atoms with van der Waals surface area (Å²) < 4.78 is 2.25. The van der Waals surface area contributed by atoms with Gasteiger partial charge < -0.3 is 14.8 Å². The Morgan fingerprint density at radius 1 is 1.47 bits per heavy atom. The van der Waals surface area contributed by atoms with E-state index in [-0.39, 0.29) is 5.91 Å². The molecule has 0 aromatic carbocycles. The third-order valence-electron chi connectivity index (χ3n) is 3.62. The molecule has 106 valence electrons. The number of aromatic nitrogens is 2. The average molecular weight is 264 g/mol. The number of imidazole rings is 1. The number of amides is 1. The molecule has 1 fully saturated rings. The van der Waals surface area contributed by atoms with Gasteiger partial charge in [0.05, 0.1) is 12.0 Å². The Bertz CT molecular complexity index is 407. The van der Waals surface area contributed by atoms with Gasteiger partial charge in [-0.05, 0) is 26.7 Å². The van der Waals surface area contributed by atoms with E-state index in [0.717, 1.165) is 26.2 Å². The molecule has 0 aliphatic heterocycles. The third kappa shape index (κ3) is 3.80. The second-order valence-electron chi connectivity index (χ2n) is 5.02. The van der Waals surface area contributed by atoms with Gasteiger partial charge in [-0.3, -0.25) is 4.79 Å². The zero-order chi connectivity index (χ0) is 13.7. The van der Waals surface area contributed by atoms with E-state index in [1.807, 2.05) is 31.3 Å². The van der Waals surface area contributed by atoms with Crippen LogP contribution in [0.1, 0.15) is 44.8 Å². The highest BCUT2D eigenvalue weighted by atomic mass is 16.2. The van der Waals surface area contributed by atoms with Crippen LogP contribution in [0.5, 0.6) is 0 Å². The zero-order valence-corrected chi connectivity index (χ0v) is 11.9. The number of hydrogen-bond acceptors (Lipinski definition) is 3. The molecule has 1 aliphatic carbocycles. The van der Waals surface area contributed by atoms with E-state index in [9.17, 15) is 4.79 Å². The average Bonchev–Trinajstić information content (AvgIpc) is 3.16. The lowest BCUT2D eigenvalue weighted by atomic mass is 10.3. The second-order valence-corrected chi connectivity index (χ2v) is 5.02. The second kappa shape index (κ2) is 6.70. The summed E-state index contributed by atoms with van der Waals surface area (Å²) in [4.78, 5) is 17.9. The maximum Gasteiger partial charge on any atom is 0.223 e. The molecule has 0 spiro atoms. The maximum atomic E-state index is 11.8. The van der Waals surface area contributed by atoms with E-state index in [4.69, 9.17) is 0 Å². The Morgan fingerprint density at radius 2 is 2.21 bits per heavy atom. The maximum absolute atomic E-state index is 11.8. The lowest BCUT2D eigenvalue weighted by Gasteiger charge is -2.18. The highest BCUT2D eigenvalue weighted by Gasteiger charge is 2.24. The van der Waals surface area contributed by atoms with Crippen molar-refractivity contribution < 1.29 is 4.79 Å². The van der Waals surface area contributed by atoms with Crippen molar-refractivity contribution in [2.45, 2.75) is 45.7 Å². The summed E-state index contributed by atoms with van der Waals surface area (Å²) in [5.74, 6) is 0.230. The fraction of sp³-hybridized carbons (Fsp3) is 0.714. The summed E-state index contributed by atoms with van der Waals surface area (Å²) in [5, 5.41) is 3.34. The van der Waals surface area contributed by atoms with Gasteiger partial charge in [0.15, 0.2) is 0 Å². The van der Waals surface area contributed by atoms with Crippen molar-refractivity contribution in [2.75, 3.05) is 19.6 Å². The molecule has 0 bridgehead atoms. The van der Waals surface area contributed by atoms with Crippen LogP contribution in [0.15, 0.2) is 12.5 Å². The molecule has 1 heterocycles. The monoisotopic (exact) mass is 264 g/mol. The van der Waals surface area contributed by atoms with Crippen molar-refractivity contribution in [1.82, 2.24) is 19.8 Å². The molecule has 2 rings (SSSR count). The molecule has 1 amide bonds. The molecule has 0 saturated heterocycles. The van der Waals surface area contributed by atoms with Gasteiger partial charge in [0.2, 0.25) is 5.91 Å². The van der Waals surface area contributed by atoms with Crippen LogP contribution in [0.3, 0.4) is 0 Å². The minimum atomic E-state index is 0.230. The number of hydrogen-bond donors (Lipinski definition) is 1. The minimum absolute atomic E-state index is 0.230. The van der Waals surface area contributed by atoms with Gasteiger partial charge in [-0.15, -0.1) is 0 Å². The Balaban J connectivity index is 1.69. The highest BCUT2D eigenvalue weighted by molar-refractivity contribution is 5.76. The third-order valence-corrected chi connectivity index (χ3v) is 3.62.